The van der Waals surface area contributed by atoms with Crippen LogP contribution in [-0.4, -0.2) is 13.7 Å². The number of fused-ring (bicyclic) bond motifs is 1. The molecule has 1 atom stereocenters. The molecule has 1 N–H and O–H groups in total. The van der Waals surface area contributed by atoms with E-state index in [4.69, 9.17) is 9.57 Å². The fraction of sp³-hybridized carbons (Fsp3) is 0.455. The van der Waals surface area contributed by atoms with Crippen LogP contribution in [0.25, 0.3) is 0 Å². The minimum Gasteiger partial charge on any atom is -0.490 e. The maximum absolute atomic E-state index is 13.5. The van der Waals surface area contributed by atoms with Crippen molar-refractivity contribution >= 4 is 0 Å². The molecule has 1 aromatic carbocycles. The Balaban J connectivity index is 2.43. The minimum absolute atomic E-state index is 0.119. The maximum Gasteiger partial charge on any atom is 0.168 e. The first-order valence-electron chi connectivity index (χ1n) is 5.12. The van der Waals surface area contributed by atoms with Gasteiger partial charge in [-0.15, -0.1) is 0 Å². The molecule has 3 nitrogen and oxygen atoms in total. The Bertz CT molecular complexity index is 384. The van der Waals surface area contributed by atoms with Crippen molar-refractivity contribution in [2.75, 3.05) is 13.7 Å². The predicted molar refractivity (Wildman–Crippen MR) is 54.0 cm³/mol. The van der Waals surface area contributed by atoms with Crippen LogP contribution in [0.4, 0.5) is 8.78 Å². The van der Waals surface area contributed by atoms with Gasteiger partial charge in [0.05, 0.1) is 19.8 Å². The highest BCUT2D eigenvalue weighted by molar-refractivity contribution is 5.38. The first kappa shape index (κ1) is 11.3. The number of hydrogen-bond donors (Lipinski definition) is 1. The fourth-order valence-electron chi connectivity index (χ4n) is 1.87. The molecule has 1 unspecified atom stereocenters. The molecule has 0 amide bonds. The Morgan fingerprint density at radius 1 is 1.44 bits per heavy atom. The Morgan fingerprint density at radius 2 is 2.25 bits per heavy atom. The summed E-state index contributed by atoms with van der Waals surface area (Å²) in [5, 5.41) is 0. The average Bonchev–Trinajstić information content (AvgIpc) is 2.42. The highest BCUT2D eigenvalue weighted by Crippen LogP contribution is 2.34. The van der Waals surface area contributed by atoms with Crippen LogP contribution < -0.4 is 10.2 Å². The monoisotopic (exact) mass is 229 g/mol. The van der Waals surface area contributed by atoms with Crippen LogP contribution in [0, 0.1) is 11.6 Å². The quantitative estimate of drug-likeness (QED) is 0.789. The van der Waals surface area contributed by atoms with Crippen LogP contribution in [0.2, 0.25) is 0 Å². The van der Waals surface area contributed by atoms with Crippen molar-refractivity contribution in [1.29, 1.82) is 0 Å². The molecule has 0 spiro atoms. The molecular formula is C11H13F2NO2. The molecule has 1 aliphatic rings. The Labute approximate surface area is 92.3 Å². The van der Waals surface area contributed by atoms with Crippen molar-refractivity contribution in [2.24, 2.45) is 0 Å². The standard InChI is InChI=1S/C11H13F2NO2/c1-15-14-10-3-2-4-16-11-8(10)5-7(12)6-9(11)13/h5-6,10,14H,2-4H2,1H3. The third kappa shape index (κ3) is 2.15. The normalized spacial score (nSPS) is 19.8. The van der Waals surface area contributed by atoms with E-state index in [1.165, 1.54) is 13.2 Å². The summed E-state index contributed by atoms with van der Waals surface area (Å²) in [4.78, 5) is 4.82. The molecule has 16 heavy (non-hydrogen) atoms. The lowest BCUT2D eigenvalue weighted by atomic mass is 10.0. The first-order chi connectivity index (χ1) is 7.72. The molecule has 88 valence electrons. The van der Waals surface area contributed by atoms with Crippen LogP contribution in [0.5, 0.6) is 5.75 Å². The number of benzene rings is 1. The van der Waals surface area contributed by atoms with Crippen molar-refractivity contribution < 1.29 is 18.4 Å². The molecule has 1 aliphatic heterocycles. The van der Waals surface area contributed by atoms with E-state index in [-0.39, 0.29) is 11.8 Å². The van der Waals surface area contributed by atoms with E-state index < -0.39 is 11.6 Å². The van der Waals surface area contributed by atoms with E-state index in [0.717, 1.165) is 12.5 Å². The summed E-state index contributed by atoms with van der Waals surface area (Å²) < 4.78 is 31.9. The summed E-state index contributed by atoms with van der Waals surface area (Å²) in [5.74, 6) is -1.15. The molecule has 5 heteroatoms. The van der Waals surface area contributed by atoms with Gasteiger partial charge in [-0.05, 0) is 18.9 Å². The highest BCUT2D eigenvalue weighted by Gasteiger charge is 2.23. The third-order valence-electron chi connectivity index (χ3n) is 2.56. The topological polar surface area (TPSA) is 30.5 Å². The molecule has 0 radical (unpaired) electrons. The molecule has 0 aromatic heterocycles. The number of rotatable bonds is 2. The van der Waals surface area contributed by atoms with Crippen LogP contribution in [0.1, 0.15) is 24.4 Å². The highest BCUT2D eigenvalue weighted by atomic mass is 19.1. The van der Waals surface area contributed by atoms with Gasteiger partial charge in [0.25, 0.3) is 0 Å². The van der Waals surface area contributed by atoms with Crippen molar-refractivity contribution in [3.63, 3.8) is 0 Å². The van der Waals surface area contributed by atoms with Gasteiger partial charge in [-0.2, -0.15) is 5.48 Å². The summed E-state index contributed by atoms with van der Waals surface area (Å²) in [5.41, 5.74) is 3.19. The number of halogens is 2. The Kier molecular flexibility index (Phi) is 3.36. The predicted octanol–water partition coefficient (Wildman–Crippen LogP) is 2.33. The zero-order valence-corrected chi connectivity index (χ0v) is 8.93. The third-order valence-corrected chi connectivity index (χ3v) is 2.56. The van der Waals surface area contributed by atoms with Gasteiger partial charge in [0.1, 0.15) is 5.82 Å². The van der Waals surface area contributed by atoms with Crippen molar-refractivity contribution in [3.8, 4) is 5.75 Å². The Morgan fingerprint density at radius 3 is 3.00 bits per heavy atom. The molecule has 0 saturated heterocycles. The van der Waals surface area contributed by atoms with Crippen LogP contribution in [-0.2, 0) is 4.84 Å². The zero-order valence-electron chi connectivity index (χ0n) is 8.93. The molecule has 1 heterocycles. The summed E-state index contributed by atoms with van der Waals surface area (Å²) >= 11 is 0. The van der Waals surface area contributed by atoms with Gasteiger partial charge in [0, 0.05) is 11.6 Å². The van der Waals surface area contributed by atoms with Gasteiger partial charge >= 0.3 is 0 Å². The Hall–Kier alpha value is -1.20. The number of hydrogen-bond acceptors (Lipinski definition) is 3. The molecule has 0 bridgehead atoms. The first-order valence-corrected chi connectivity index (χ1v) is 5.12. The number of ether oxygens (including phenoxy) is 1. The van der Waals surface area contributed by atoms with Gasteiger partial charge in [-0.3, -0.25) is 0 Å². The van der Waals surface area contributed by atoms with E-state index >= 15 is 0 Å². The zero-order chi connectivity index (χ0) is 11.5. The van der Waals surface area contributed by atoms with Crippen molar-refractivity contribution in [2.45, 2.75) is 18.9 Å². The summed E-state index contributed by atoms with van der Waals surface area (Å²) in [6.45, 7) is 0.428. The summed E-state index contributed by atoms with van der Waals surface area (Å²) in [6.07, 6.45) is 1.47. The van der Waals surface area contributed by atoms with Gasteiger partial charge in [0.15, 0.2) is 11.6 Å². The molecule has 2 rings (SSSR count). The largest absolute Gasteiger partial charge is 0.490 e. The lowest BCUT2D eigenvalue weighted by Crippen LogP contribution is -2.19. The van der Waals surface area contributed by atoms with Gasteiger partial charge in [0.2, 0.25) is 0 Å². The molecule has 1 aromatic rings. The maximum atomic E-state index is 13.5. The molecular weight excluding hydrogens is 216 g/mol. The SMILES string of the molecule is CONC1CCCOc2c(F)cc(F)cc21. The number of hydroxylamine groups is 1. The van der Waals surface area contributed by atoms with Crippen molar-refractivity contribution in [3.05, 3.63) is 29.3 Å². The second-order valence-corrected chi connectivity index (χ2v) is 3.67. The lowest BCUT2D eigenvalue weighted by molar-refractivity contribution is 0.0578. The van der Waals surface area contributed by atoms with E-state index in [0.29, 0.717) is 18.6 Å². The summed E-state index contributed by atoms with van der Waals surface area (Å²) in [6, 6.07) is 1.86. The smallest absolute Gasteiger partial charge is 0.168 e. The lowest BCUT2D eigenvalue weighted by Gasteiger charge is -2.17. The molecule has 0 fully saturated rings. The van der Waals surface area contributed by atoms with Gasteiger partial charge in [-0.25, -0.2) is 8.78 Å². The van der Waals surface area contributed by atoms with E-state index in [1.807, 2.05) is 0 Å². The van der Waals surface area contributed by atoms with Crippen LogP contribution in [0.15, 0.2) is 12.1 Å². The van der Waals surface area contributed by atoms with Crippen LogP contribution in [0.3, 0.4) is 0 Å². The number of nitrogens with one attached hydrogen (secondary N) is 1. The summed E-state index contributed by atoms with van der Waals surface area (Å²) in [7, 11) is 1.47. The van der Waals surface area contributed by atoms with Gasteiger partial charge < -0.3 is 9.57 Å². The van der Waals surface area contributed by atoms with E-state index in [9.17, 15) is 8.78 Å². The fourth-order valence-corrected chi connectivity index (χ4v) is 1.87. The van der Waals surface area contributed by atoms with Crippen molar-refractivity contribution in [1.82, 2.24) is 5.48 Å². The second kappa shape index (κ2) is 4.76. The second-order valence-electron chi connectivity index (χ2n) is 3.67. The average molecular weight is 229 g/mol. The van der Waals surface area contributed by atoms with Crippen LogP contribution >= 0.6 is 0 Å². The minimum atomic E-state index is -0.667. The van der Waals surface area contributed by atoms with E-state index in [1.54, 1.807) is 0 Å². The van der Waals surface area contributed by atoms with Gasteiger partial charge in [-0.1, -0.05) is 0 Å². The van der Waals surface area contributed by atoms with E-state index in [2.05, 4.69) is 5.48 Å². The molecule has 0 saturated carbocycles. The molecule has 0 aliphatic carbocycles.